The largest absolute Gasteiger partial charge is 0.489 e. The number of ether oxygens (including phenoxy) is 1. The molecule has 0 aliphatic carbocycles. The zero-order chi connectivity index (χ0) is 12.3. The van der Waals surface area contributed by atoms with Crippen LogP contribution in [0.15, 0.2) is 35.0 Å². The first-order valence-electron chi connectivity index (χ1n) is 5.51. The van der Waals surface area contributed by atoms with Crippen LogP contribution in [0.25, 0.3) is 11.1 Å². The summed E-state index contributed by atoms with van der Waals surface area (Å²) in [6.45, 7) is 4.01. The Labute approximate surface area is 106 Å². The molecule has 1 aromatic heterocycles. The van der Waals surface area contributed by atoms with Gasteiger partial charge >= 0.3 is 0 Å². The number of terminal acetylenes is 1. The van der Waals surface area contributed by atoms with E-state index in [1.165, 1.54) is 0 Å². The van der Waals surface area contributed by atoms with Crippen LogP contribution >= 0.6 is 11.3 Å². The Balaban J connectivity index is 2.55. The van der Waals surface area contributed by atoms with E-state index < -0.39 is 0 Å². The minimum Gasteiger partial charge on any atom is -0.489 e. The van der Waals surface area contributed by atoms with Gasteiger partial charge in [-0.05, 0) is 42.3 Å². The number of benzene rings is 1. The average Bonchev–Trinajstić information content (AvgIpc) is 2.82. The molecule has 1 aromatic carbocycles. The molecule has 0 aliphatic rings. The van der Waals surface area contributed by atoms with E-state index in [4.69, 9.17) is 11.2 Å². The summed E-state index contributed by atoms with van der Waals surface area (Å²) in [5, 5.41) is 4.15. The lowest BCUT2D eigenvalue weighted by Gasteiger charge is -2.15. The summed E-state index contributed by atoms with van der Waals surface area (Å²) in [7, 11) is 0. The molecule has 0 bridgehead atoms. The van der Waals surface area contributed by atoms with Gasteiger partial charge in [-0.3, -0.25) is 0 Å². The molecule has 0 atom stereocenters. The van der Waals surface area contributed by atoms with Crippen LogP contribution in [-0.2, 0) is 0 Å². The number of para-hydroxylation sites is 1. The number of hydrogen-bond acceptors (Lipinski definition) is 2. The summed E-state index contributed by atoms with van der Waals surface area (Å²) < 4.78 is 5.85. The van der Waals surface area contributed by atoms with Crippen molar-refractivity contribution in [1.82, 2.24) is 0 Å². The molecule has 2 aromatic rings. The predicted octanol–water partition coefficient (Wildman–Crippen LogP) is 4.18. The van der Waals surface area contributed by atoms with Crippen molar-refractivity contribution in [1.29, 1.82) is 0 Å². The first-order chi connectivity index (χ1) is 8.22. The van der Waals surface area contributed by atoms with Gasteiger partial charge in [0.05, 0.1) is 11.7 Å². The first-order valence-corrected chi connectivity index (χ1v) is 6.45. The summed E-state index contributed by atoms with van der Waals surface area (Å²) in [5.74, 6) is 3.49. The summed E-state index contributed by atoms with van der Waals surface area (Å²) in [6, 6.07) is 8.00. The molecular formula is C15H14OS. The third kappa shape index (κ3) is 2.51. The minimum absolute atomic E-state index is 0.113. The zero-order valence-corrected chi connectivity index (χ0v) is 10.8. The molecule has 2 rings (SSSR count). The van der Waals surface area contributed by atoms with Crippen molar-refractivity contribution in [3.63, 3.8) is 0 Å². The molecule has 2 heteroatoms. The molecule has 0 saturated heterocycles. The van der Waals surface area contributed by atoms with Gasteiger partial charge in [0.1, 0.15) is 5.75 Å². The fourth-order valence-electron chi connectivity index (χ4n) is 1.66. The van der Waals surface area contributed by atoms with Crippen LogP contribution in [0.1, 0.15) is 19.4 Å². The Hall–Kier alpha value is -1.72. The second-order valence-corrected chi connectivity index (χ2v) is 4.79. The van der Waals surface area contributed by atoms with E-state index >= 15 is 0 Å². The Morgan fingerprint density at radius 1 is 1.29 bits per heavy atom. The Morgan fingerprint density at radius 3 is 2.71 bits per heavy atom. The van der Waals surface area contributed by atoms with Gasteiger partial charge < -0.3 is 4.74 Å². The van der Waals surface area contributed by atoms with Crippen LogP contribution in [0.4, 0.5) is 0 Å². The SMILES string of the molecule is C#Cc1cccc(-c2ccsc2)c1OC(C)C. The monoisotopic (exact) mass is 242 g/mol. The molecule has 1 heterocycles. The van der Waals surface area contributed by atoms with E-state index in [9.17, 15) is 0 Å². The summed E-state index contributed by atoms with van der Waals surface area (Å²) in [4.78, 5) is 0. The zero-order valence-electron chi connectivity index (χ0n) is 9.94. The minimum atomic E-state index is 0.113. The Bertz CT molecular complexity index is 533. The van der Waals surface area contributed by atoms with Crippen molar-refractivity contribution >= 4 is 11.3 Å². The Morgan fingerprint density at radius 2 is 2.12 bits per heavy atom. The highest BCUT2D eigenvalue weighted by atomic mass is 32.1. The number of hydrogen-bond donors (Lipinski definition) is 0. The van der Waals surface area contributed by atoms with E-state index in [1.54, 1.807) is 11.3 Å². The number of thiophene rings is 1. The van der Waals surface area contributed by atoms with Crippen molar-refractivity contribution in [3.05, 3.63) is 40.6 Å². The maximum atomic E-state index is 5.85. The molecule has 0 aliphatic heterocycles. The predicted molar refractivity (Wildman–Crippen MR) is 73.5 cm³/mol. The highest BCUT2D eigenvalue weighted by Gasteiger charge is 2.12. The van der Waals surface area contributed by atoms with E-state index in [0.717, 1.165) is 22.4 Å². The van der Waals surface area contributed by atoms with E-state index in [2.05, 4.69) is 22.7 Å². The van der Waals surface area contributed by atoms with Crippen molar-refractivity contribution in [2.45, 2.75) is 20.0 Å². The van der Waals surface area contributed by atoms with Crippen LogP contribution in [0.3, 0.4) is 0 Å². The van der Waals surface area contributed by atoms with Crippen molar-refractivity contribution in [2.24, 2.45) is 0 Å². The van der Waals surface area contributed by atoms with Crippen LogP contribution in [-0.4, -0.2) is 6.10 Å². The quantitative estimate of drug-likeness (QED) is 0.733. The Kier molecular flexibility index (Phi) is 3.51. The van der Waals surface area contributed by atoms with E-state index in [0.29, 0.717) is 0 Å². The van der Waals surface area contributed by atoms with Gasteiger partial charge in [-0.25, -0.2) is 0 Å². The normalized spacial score (nSPS) is 10.2. The lowest BCUT2D eigenvalue weighted by atomic mass is 10.0. The fraction of sp³-hybridized carbons (Fsp3) is 0.200. The van der Waals surface area contributed by atoms with Crippen LogP contribution < -0.4 is 4.74 Å². The van der Waals surface area contributed by atoms with Gasteiger partial charge in [0.2, 0.25) is 0 Å². The van der Waals surface area contributed by atoms with Gasteiger partial charge in [0.15, 0.2) is 0 Å². The maximum Gasteiger partial charge on any atom is 0.143 e. The van der Waals surface area contributed by atoms with Crippen molar-refractivity contribution in [3.8, 4) is 29.2 Å². The van der Waals surface area contributed by atoms with Gasteiger partial charge in [-0.15, -0.1) is 6.42 Å². The second kappa shape index (κ2) is 5.07. The molecule has 0 saturated carbocycles. The molecule has 0 fully saturated rings. The topological polar surface area (TPSA) is 9.23 Å². The summed E-state index contributed by atoms with van der Waals surface area (Å²) in [6.07, 6.45) is 5.63. The number of rotatable bonds is 3. The van der Waals surface area contributed by atoms with Crippen LogP contribution in [0.2, 0.25) is 0 Å². The van der Waals surface area contributed by atoms with Crippen molar-refractivity contribution in [2.75, 3.05) is 0 Å². The van der Waals surface area contributed by atoms with Gasteiger partial charge in [0, 0.05) is 5.56 Å². The molecule has 17 heavy (non-hydrogen) atoms. The average molecular weight is 242 g/mol. The molecule has 0 spiro atoms. The highest BCUT2D eigenvalue weighted by molar-refractivity contribution is 7.08. The molecule has 0 unspecified atom stereocenters. The van der Waals surface area contributed by atoms with E-state index in [-0.39, 0.29) is 6.10 Å². The summed E-state index contributed by atoms with van der Waals surface area (Å²) in [5.41, 5.74) is 3.03. The van der Waals surface area contributed by atoms with Gasteiger partial charge in [0.25, 0.3) is 0 Å². The van der Waals surface area contributed by atoms with Crippen LogP contribution in [0.5, 0.6) is 5.75 Å². The van der Waals surface area contributed by atoms with Gasteiger partial charge in [-0.2, -0.15) is 11.3 Å². The standard InChI is InChI=1S/C15H14OS/c1-4-12-6-5-7-14(13-8-9-17-10-13)15(12)16-11(2)3/h1,5-11H,2-3H3. The molecule has 0 amide bonds. The maximum absolute atomic E-state index is 5.85. The van der Waals surface area contributed by atoms with Gasteiger partial charge in [-0.1, -0.05) is 18.1 Å². The fourth-order valence-corrected chi connectivity index (χ4v) is 2.31. The third-order valence-corrected chi connectivity index (χ3v) is 3.04. The molecule has 0 N–H and O–H groups in total. The lowest BCUT2D eigenvalue weighted by molar-refractivity contribution is 0.243. The molecular weight excluding hydrogens is 228 g/mol. The highest BCUT2D eigenvalue weighted by Crippen LogP contribution is 2.34. The van der Waals surface area contributed by atoms with Crippen LogP contribution in [0, 0.1) is 12.3 Å². The second-order valence-electron chi connectivity index (χ2n) is 4.01. The molecule has 86 valence electrons. The van der Waals surface area contributed by atoms with E-state index in [1.807, 2.05) is 32.0 Å². The summed E-state index contributed by atoms with van der Waals surface area (Å²) >= 11 is 1.67. The van der Waals surface area contributed by atoms with Crippen molar-refractivity contribution < 1.29 is 4.74 Å². The molecule has 1 nitrogen and oxygen atoms in total. The molecule has 0 radical (unpaired) electrons. The first kappa shape index (κ1) is 11.8. The third-order valence-electron chi connectivity index (χ3n) is 2.36. The lowest BCUT2D eigenvalue weighted by Crippen LogP contribution is -2.07. The smallest absolute Gasteiger partial charge is 0.143 e.